The summed E-state index contributed by atoms with van der Waals surface area (Å²) >= 11 is 0. The molecule has 2 aliphatic rings. The average Bonchev–Trinajstić information content (AvgIpc) is 2.80. The zero-order valence-corrected chi connectivity index (χ0v) is 18.4. The van der Waals surface area contributed by atoms with Crippen molar-refractivity contribution in [3.8, 4) is 11.5 Å². The van der Waals surface area contributed by atoms with Crippen LogP contribution in [0.25, 0.3) is 0 Å². The molecule has 0 radical (unpaired) electrons. The number of anilines is 2. The molecule has 0 aliphatic carbocycles. The van der Waals surface area contributed by atoms with Crippen molar-refractivity contribution in [2.45, 2.75) is 26.2 Å². The lowest BCUT2D eigenvalue weighted by Crippen LogP contribution is -2.46. The first-order valence-corrected chi connectivity index (χ1v) is 10.7. The summed E-state index contributed by atoms with van der Waals surface area (Å²) in [7, 11) is 1.60. The molecule has 2 heterocycles. The van der Waals surface area contributed by atoms with E-state index in [2.05, 4.69) is 25.2 Å². The molecule has 2 aromatic carbocycles. The van der Waals surface area contributed by atoms with Gasteiger partial charge in [-0.1, -0.05) is 0 Å². The summed E-state index contributed by atoms with van der Waals surface area (Å²) in [4.78, 5) is 28.1. The number of ether oxygens (including phenoxy) is 2. The first-order valence-electron chi connectivity index (χ1n) is 10.7. The van der Waals surface area contributed by atoms with Gasteiger partial charge in [-0.3, -0.25) is 14.5 Å². The predicted molar refractivity (Wildman–Crippen MR) is 119 cm³/mol. The number of fused-ring (bicyclic) bond motifs is 1. The summed E-state index contributed by atoms with van der Waals surface area (Å²) in [5.41, 5.74) is 2.73. The molecule has 1 atom stereocenters. The number of carbonyl (C=O) groups excluding carboxylic acids is 2. The largest absolute Gasteiger partial charge is 0.475 e. The molecule has 2 aromatic rings. The van der Waals surface area contributed by atoms with Crippen molar-refractivity contribution in [1.29, 1.82) is 0 Å². The molecule has 1 fully saturated rings. The molecule has 8 nitrogen and oxygen atoms in total. The first kappa shape index (κ1) is 22.8. The molecule has 0 saturated carbocycles. The van der Waals surface area contributed by atoms with Gasteiger partial charge in [0, 0.05) is 51.0 Å². The summed E-state index contributed by atoms with van der Waals surface area (Å²) in [5.74, 6) is -0.420. The maximum Gasteiger partial charge on any atom is 0.387 e. The Morgan fingerprint density at radius 1 is 1.21 bits per heavy atom. The summed E-state index contributed by atoms with van der Waals surface area (Å²) in [5, 5.41) is 5.31. The summed E-state index contributed by atoms with van der Waals surface area (Å²) in [6.45, 7) is 2.15. The lowest BCUT2D eigenvalue weighted by Gasteiger charge is -2.36. The molecule has 176 valence electrons. The standard InChI is InChI=1S/C23H26F2N4O4/c1-14-21(30)27-18-11-15(12-19(20(18)32-14)33-23(24)25)13-28-7-9-29(10-8-28)17-5-3-16(4-6-17)22(31)26-2/h3-6,11-12,14,23H,7-10,13H2,1-2H3,(H,26,31)(H,27,30). The van der Waals surface area contributed by atoms with Crippen LogP contribution in [0.1, 0.15) is 22.8 Å². The number of carbonyl (C=O) groups is 2. The zero-order chi connectivity index (χ0) is 23.5. The van der Waals surface area contributed by atoms with Gasteiger partial charge in [-0.2, -0.15) is 8.78 Å². The summed E-state index contributed by atoms with van der Waals surface area (Å²) in [6, 6.07) is 10.7. The molecule has 2 amide bonds. The van der Waals surface area contributed by atoms with Crippen molar-refractivity contribution >= 4 is 23.2 Å². The van der Waals surface area contributed by atoms with E-state index < -0.39 is 12.7 Å². The minimum Gasteiger partial charge on any atom is -0.475 e. The van der Waals surface area contributed by atoms with Crippen molar-refractivity contribution in [3.63, 3.8) is 0 Å². The molecule has 1 saturated heterocycles. The van der Waals surface area contributed by atoms with Gasteiger partial charge in [0.2, 0.25) is 0 Å². The van der Waals surface area contributed by atoms with Gasteiger partial charge in [-0.25, -0.2) is 0 Å². The van der Waals surface area contributed by atoms with Crippen LogP contribution in [-0.4, -0.2) is 62.7 Å². The molecule has 0 aromatic heterocycles. The van der Waals surface area contributed by atoms with E-state index in [1.165, 1.54) is 0 Å². The van der Waals surface area contributed by atoms with Gasteiger partial charge in [0.15, 0.2) is 17.6 Å². The Kier molecular flexibility index (Phi) is 6.64. The maximum atomic E-state index is 12.9. The highest BCUT2D eigenvalue weighted by molar-refractivity contribution is 5.98. The fourth-order valence-electron chi connectivity index (χ4n) is 4.00. The quantitative estimate of drug-likeness (QED) is 0.690. The van der Waals surface area contributed by atoms with Gasteiger partial charge in [0.25, 0.3) is 11.8 Å². The van der Waals surface area contributed by atoms with E-state index in [0.29, 0.717) is 17.8 Å². The number of amides is 2. The molecule has 4 rings (SSSR count). The third-order valence-corrected chi connectivity index (χ3v) is 5.75. The molecular weight excluding hydrogens is 434 g/mol. The van der Waals surface area contributed by atoms with E-state index in [1.807, 2.05) is 12.1 Å². The number of hydrogen-bond acceptors (Lipinski definition) is 6. The summed E-state index contributed by atoms with van der Waals surface area (Å²) < 4.78 is 36.1. The third-order valence-electron chi connectivity index (χ3n) is 5.75. The Morgan fingerprint density at radius 3 is 2.55 bits per heavy atom. The van der Waals surface area contributed by atoms with E-state index in [1.54, 1.807) is 38.2 Å². The molecule has 0 spiro atoms. The molecule has 2 aliphatic heterocycles. The van der Waals surface area contributed by atoms with E-state index >= 15 is 0 Å². The molecular formula is C23H26F2N4O4. The number of halogens is 2. The van der Waals surface area contributed by atoms with Gasteiger partial charge in [0.1, 0.15) is 0 Å². The van der Waals surface area contributed by atoms with Crippen LogP contribution in [0.4, 0.5) is 20.2 Å². The van der Waals surface area contributed by atoms with Crippen molar-refractivity contribution in [2.75, 3.05) is 43.4 Å². The van der Waals surface area contributed by atoms with Crippen LogP contribution in [0.5, 0.6) is 11.5 Å². The third kappa shape index (κ3) is 5.16. The van der Waals surface area contributed by atoms with Crippen molar-refractivity contribution in [1.82, 2.24) is 10.2 Å². The van der Waals surface area contributed by atoms with Crippen LogP contribution >= 0.6 is 0 Å². The number of nitrogens with one attached hydrogen (secondary N) is 2. The minimum atomic E-state index is -3.00. The van der Waals surface area contributed by atoms with E-state index in [9.17, 15) is 18.4 Å². The Bertz CT molecular complexity index is 1020. The second kappa shape index (κ2) is 9.62. The SMILES string of the molecule is CNC(=O)c1ccc(N2CCN(Cc3cc4c(c(OC(F)F)c3)OC(C)C(=O)N4)CC2)cc1. The smallest absolute Gasteiger partial charge is 0.387 e. The minimum absolute atomic E-state index is 0.0841. The van der Waals surface area contributed by atoms with Gasteiger partial charge in [-0.05, 0) is 48.9 Å². The highest BCUT2D eigenvalue weighted by atomic mass is 19.3. The molecule has 10 heteroatoms. The lowest BCUT2D eigenvalue weighted by atomic mass is 10.1. The number of rotatable bonds is 6. The Labute approximate surface area is 190 Å². The van der Waals surface area contributed by atoms with Gasteiger partial charge in [-0.15, -0.1) is 0 Å². The molecule has 2 N–H and O–H groups in total. The molecule has 0 bridgehead atoms. The van der Waals surface area contributed by atoms with Crippen molar-refractivity contribution in [2.24, 2.45) is 0 Å². The second-order valence-corrected chi connectivity index (χ2v) is 7.99. The molecule has 33 heavy (non-hydrogen) atoms. The highest BCUT2D eigenvalue weighted by Crippen LogP contribution is 2.41. The Morgan fingerprint density at radius 2 is 1.91 bits per heavy atom. The monoisotopic (exact) mass is 460 g/mol. The lowest BCUT2D eigenvalue weighted by molar-refractivity contribution is -0.122. The average molecular weight is 460 g/mol. The van der Waals surface area contributed by atoms with E-state index in [4.69, 9.17) is 4.74 Å². The highest BCUT2D eigenvalue weighted by Gasteiger charge is 2.29. The van der Waals surface area contributed by atoms with Crippen LogP contribution in [-0.2, 0) is 11.3 Å². The molecule has 1 unspecified atom stereocenters. The van der Waals surface area contributed by atoms with Crippen molar-refractivity contribution < 1.29 is 27.8 Å². The van der Waals surface area contributed by atoms with Crippen LogP contribution in [0.2, 0.25) is 0 Å². The number of alkyl halides is 2. The van der Waals surface area contributed by atoms with Crippen LogP contribution in [0, 0.1) is 0 Å². The van der Waals surface area contributed by atoms with E-state index in [-0.39, 0.29) is 23.3 Å². The van der Waals surface area contributed by atoms with Crippen LogP contribution < -0.4 is 25.0 Å². The topological polar surface area (TPSA) is 83.1 Å². The fourth-order valence-corrected chi connectivity index (χ4v) is 4.00. The number of piperazine rings is 1. The van der Waals surface area contributed by atoms with Gasteiger partial charge in [0.05, 0.1) is 5.69 Å². The van der Waals surface area contributed by atoms with Crippen LogP contribution in [0.3, 0.4) is 0 Å². The Balaban J connectivity index is 1.42. The zero-order valence-electron chi connectivity index (χ0n) is 18.4. The van der Waals surface area contributed by atoms with Gasteiger partial charge < -0.3 is 25.0 Å². The number of hydrogen-bond donors (Lipinski definition) is 2. The van der Waals surface area contributed by atoms with E-state index in [0.717, 1.165) is 37.4 Å². The number of nitrogens with zero attached hydrogens (tertiary/aromatic N) is 2. The number of benzene rings is 2. The fraction of sp³-hybridized carbons (Fsp3) is 0.391. The van der Waals surface area contributed by atoms with Gasteiger partial charge >= 0.3 is 6.61 Å². The van der Waals surface area contributed by atoms with Crippen LogP contribution in [0.15, 0.2) is 36.4 Å². The maximum absolute atomic E-state index is 12.9. The summed E-state index contributed by atoms with van der Waals surface area (Å²) in [6.07, 6.45) is -0.790. The Hall–Kier alpha value is -3.40. The van der Waals surface area contributed by atoms with Crippen molar-refractivity contribution in [3.05, 3.63) is 47.5 Å². The first-order chi connectivity index (χ1) is 15.8. The normalized spacial score (nSPS) is 18.4. The predicted octanol–water partition coefficient (Wildman–Crippen LogP) is 2.69. The second-order valence-electron chi connectivity index (χ2n) is 7.99.